The van der Waals surface area contributed by atoms with E-state index in [1.54, 1.807) is 0 Å². The minimum absolute atomic E-state index is 0.870. The minimum Gasteiger partial charge on any atom is -0.456 e. The molecule has 0 radical (unpaired) electrons. The van der Waals surface area contributed by atoms with Crippen LogP contribution in [-0.2, 0) is 0 Å². The Balaban J connectivity index is 0.961. The fraction of sp³-hybridized carbons (Fsp3) is 0. The summed E-state index contributed by atoms with van der Waals surface area (Å²) in [5, 5.41) is 4.44. The zero-order valence-corrected chi connectivity index (χ0v) is 34.3. The van der Waals surface area contributed by atoms with Crippen molar-refractivity contribution >= 4 is 60.9 Å². The second-order valence-electron chi connectivity index (χ2n) is 16.0. The molecule has 2 aromatic heterocycles. The zero-order chi connectivity index (χ0) is 41.7. The Morgan fingerprint density at radius 2 is 0.635 bits per heavy atom. The Morgan fingerprint density at radius 3 is 1.25 bits per heavy atom. The van der Waals surface area contributed by atoms with Crippen LogP contribution < -0.4 is 4.90 Å². The molecule has 0 saturated heterocycles. The van der Waals surface area contributed by atoms with Gasteiger partial charge < -0.3 is 13.7 Å². The first-order chi connectivity index (χ1) is 31.2. The smallest absolute Gasteiger partial charge is 0.136 e. The molecule has 0 saturated carbocycles. The molecule has 12 aromatic rings. The topological polar surface area (TPSA) is 29.5 Å². The average molecular weight is 806 g/mol. The summed E-state index contributed by atoms with van der Waals surface area (Å²) < 4.78 is 12.5. The lowest BCUT2D eigenvalue weighted by Gasteiger charge is -2.26. The van der Waals surface area contributed by atoms with Crippen LogP contribution in [-0.4, -0.2) is 0 Å². The second kappa shape index (κ2) is 15.3. The van der Waals surface area contributed by atoms with Crippen molar-refractivity contribution in [3.8, 4) is 55.6 Å². The number of nitrogens with zero attached hydrogens (tertiary/aromatic N) is 1. The Hall–Kier alpha value is -8.40. The largest absolute Gasteiger partial charge is 0.456 e. The molecule has 0 aliphatic rings. The van der Waals surface area contributed by atoms with Gasteiger partial charge in [-0.05, 0) is 116 Å². The van der Waals surface area contributed by atoms with Gasteiger partial charge in [0.05, 0.1) is 0 Å². The summed E-state index contributed by atoms with van der Waals surface area (Å²) in [7, 11) is 0. The molecule has 0 atom stereocenters. The van der Waals surface area contributed by atoms with Crippen LogP contribution >= 0.6 is 0 Å². The zero-order valence-electron chi connectivity index (χ0n) is 34.3. The number of hydrogen-bond donors (Lipinski definition) is 0. The first-order valence-corrected chi connectivity index (χ1v) is 21.4. The third kappa shape index (κ3) is 6.38. The lowest BCUT2D eigenvalue weighted by atomic mass is 9.87. The molecule has 0 amide bonds. The number of hydrogen-bond acceptors (Lipinski definition) is 3. The van der Waals surface area contributed by atoms with E-state index in [0.29, 0.717) is 0 Å². The summed E-state index contributed by atoms with van der Waals surface area (Å²) in [5.74, 6) is 0. The highest BCUT2D eigenvalue weighted by molar-refractivity contribution is 6.12. The Morgan fingerprint density at radius 1 is 0.238 bits per heavy atom. The standard InChI is InChI=1S/C60H39NO2/c1-2-15-40(16-3-1)46-17-4-6-19-49(46)51-21-8-9-22-52(51)50-20-7-5-18-47(50)41-29-33-43(34-30-41)61(45-37-38-58-55(39-45)53-23-10-12-26-56(53)62-58)44-35-31-42(32-36-44)48-25-14-28-59-60(48)54-24-11-13-27-57(54)63-59/h1-39H. The molecule has 12 rings (SSSR count). The lowest BCUT2D eigenvalue weighted by molar-refractivity contribution is 0.668. The first kappa shape index (κ1) is 36.5. The van der Waals surface area contributed by atoms with Gasteiger partial charge in [-0.15, -0.1) is 0 Å². The molecule has 0 N–H and O–H groups in total. The molecule has 0 aliphatic carbocycles. The molecule has 0 bridgehead atoms. The van der Waals surface area contributed by atoms with Crippen LogP contribution in [0.5, 0.6) is 0 Å². The van der Waals surface area contributed by atoms with Gasteiger partial charge in [0.1, 0.15) is 22.3 Å². The Bertz CT molecular complexity index is 3620. The number of rotatable bonds is 8. The van der Waals surface area contributed by atoms with Crippen LogP contribution in [0.1, 0.15) is 0 Å². The summed E-state index contributed by atoms with van der Waals surface area (Å²) in [6.07, 6.45) is 0. The van der Waals surface area contributed by atoms with Gasteiger partial charge >= 0.3 is 0 Å². The monoisotopic (exact) mass is 805 g/mol. The van der Waals surface area contributed by atoms with Crippen LogP contribution in [0.2, 0.25) is 0 Å². The van der Waals surface area contributed by atoms with Crippen LogP contribution in [0.4, 0.5) is 17.1 Å². The van der Waals surface area contributed by atoms with E-state index in [1.807, 2.05) is 24.3 Å². The number of benzene rings is 10. The number of furan rings is 2. The Labute approximate surface area is 365 Å². The van der Waals surface area contributed by atoms with Crippen LogP contribution in [0.3, 0.4) is 0 Å². The summed E-state index contributed by atoms with van der Waals surface area (Å²) in [6.45, 7) is 0. The second-order valence-corrected chi connectivity index (χ2v) is 16.0. The van der Waals surface area contributed by atoms with Crippen molar-refractivity contribution in [2.75, 3.05) is 4.90 Å². The minimum atomic E-state index is 0.870. The average Bonchev–Trinajstić information content (AvgIpc) is 3.93. The molecule has 296 valence electrons. The van der Waals surface area contributed by atoms with E-state index in [2.05, 4.69) is 217 Å². The van der Waals surface area contributed by atoms with Crippen LogP contribution in [0, 0.1) is 0 Å². The molecule has 3 nitrogen and oxygen atoms in total. The molecule has 0 fully saturated rings. The predicted molar refractivity (Wildman–Crippen MR) is 263 cm³/mol. The van der Waals surface area contributed by atoms with E-state index < -0.39 is 0 Å². The van der Waals surface area contributed by atoms with Crippen molar-refractivity contribution in [2.45, 2.75) is 0 Å². The van der Waals surface area contributed by atoms with E-state index in [1.165, 1.54) is 38.9 Å². The SMILES string of the molecule is c1ccc(-c2ccccc2-c2ccccc2-c2ccccc2-c2ccc(N(c3ccc(-c4cccc5oc6ccccc6c45)cc3)c3ccc4oc5ccccc5c4c3)cc2)cc1. The van der Waals surface area contributed by atoms with Crippen molar-refractivity contribution in [3.63, 3.8) is 0 Å². The summed E-state index contributed by atoms with van der Waals surface area (Å²) in [6, 6.07) is 84.2. The van der Waals surface area contributed by atoms with Crippen molar-refractivity contribution in [1.29, 1.82) is 0 Å². The van der Waals surface area contributed by atoms with Gasteiger partial charge in [0, 0.05) is 38.6 Å². The third-order valence-corrected chi connectivity index (χ3v) is 12.3. The number of anilines is 3. The highest BCUT2D eigenvalue weighted by atomic mass is 16.3. The van der Waals surface area contributed by atoms with Crippen LogP contribution in [0.15, 0.2) is 245 Å². The molecule has 2 heterocycles. The lowest BCUT2D eigenvalue weighted by Crippen LogP contribution is -2.09. The van der Waals surface area contributed by atoms with E-state index in [9.17, 15) is 0 Å². The highest BCUT2D eigenvalue weighted by Gasteiger charge is 2.19. The van der Waals surface area contributed by atoms with Gasteiger partial charge in [-0.2, -0.15) is 0 Å². The van der Waals surface area contributed by atoms with Crippen LogP contribution in [0.25, 0.3) is 99.5 Å². The molecule has 0 spiro atoms. The van der Waals surface area contributed by atoms with Crippen molar-refractivity contribution in [3.05, 3.63) is 237 Å². The molecule has 10 aromatic carbocycles. The van der Waals surface area contributed by atoms with E-state index in [4.69, 9.17) is 8.83 Å². The summed E-state index contributed by atoms with van der Waals surface area (Å²) >= 11 is 0. The number of para-hydroxylation sites is 2. The first-order valence-electron chi connectivity index (χ1n) is 21.4. The molecule has 0 aliphatic heterocycles. The van der Waals surface area contributed by atoms with E-state index >= 15 is 0 Å². The van der Waals surface area contributed by atoms with Crippen molar-refractivity contribution in [2.24, 2.45) is 0 Å². The fourth-order valence-corrected chi connectivity index (χ4v) is 9.41. The van der Waals surface area contributed by atoms with Gasteiger partial charge in [-0.1, -0.05) is 176 Å². The number of fused-ring (bicyclic) bond motifs is 6. The van der Waals surface area contributed by atoms with Gasteiger partial charge in [-0.3, -0.25) is 0 Å². The summed E-state index contributed by atoms with van der Waals surface area (Å²) in [5.41, 5.74) is 18.5. The molecular weight excluding hydrogens is 767 g/mol. The Kier molecular flexibility index (Phi) is 8.83. The maximum Gasteiger partial charge on any atom is 0.136 e. The van der Waals surface area contributed by atoms with Gasteiger partial charge in [0.25, 0.3) is 0 Å². The maximum absolute atomic E-state index is 6.27. The third-order valence-electron chi connectivity index (χ3n) is 12.3. The maximum atomic E-state index is 6.27. The summed E-state index contributed by atoms with van der Waals surface area (Å²) in [4.78, 5) is 2.34. The van der Waals surface area contributed by atoms with E-state index in [0.717, 1.165) is 77.6 Å². The van der Waals surface area contributed by atoms with Gasteiger partial charge in [0.15, 0.2) is 0 Å². The van der Waals surface area contributed by atoms with Crippen molar-refractivity contribution in [1.82, 2.24) is 0 Å². The highest BCUT2D eigenvalue weighted by Crippen LogP contribution is 2.44. The quantitative estimate of drug-likeness (QED) is 0.153. The molecule has 3 heteroatoms. The molecule has 0 unspecified atom stereocenters. The normalized spacial score (nSPS) is 11.5. The van der Waals surface area contributed by atoms with Gasteiger partial charge in [0.2, 0.25) is 0 Å². The molecular formula is C60H39NO2. The fourth-order valence-electron chi connectivity index (χ4n) is 9.41. The predicted octanol–water partition coefficient (Wildman–Crippen LogP) is 17.3. The van der Waals surface area contributed by atoms with Crippen molar-refractivity contribution < 1.29 is 8.83 Å². The van der Waals surface area contributed by atoms with E-state index in [-0.39, 0.29) is 0 Å². The van der Waals surface area contributed by atoms with Gasteiger partial charge in [-0.25, -0.2) is 0 Å². The molecule has 63 heavy (non-hydrogen) atoms.